The van der Waals surface area contributed by atoms with Gasteiger partial charge in [-0.3, -0.25) is 4.79 Å². The molecule has 0 aromatic heterocycles. The average molecular weight is 289 g/mol. The van der Waals surface area contributed by atoms with Crippen molar-refractivity contribution in [1.82, 2.24) is 10.6 Å². The number of amides is 3. The Morgan fingerprint density at radius 1 is 1.24 bits per heavy atom. The highest BCUT2D eigenvalue weighted by Crippen LogP contribution is 2.27. The summed E-state index contributed by atoms with van der Waals surface area (Å²) in [5.41, 5.74) is 3.40. The second-order valence-corrected chi connectivity index (χ2v) is 5.35. The normalized spacial score (nSPS) is 13.8. The summed E-state index contributed by atoms with van der Waals surface area (Å²) in [5.74, 6) is 0.171. The Hall–Kier alpha value is -2.04. The van der Waals surface area contributed by atoms with E-state index in [9.17, 15) is 9.59 Å². The number of anilines is 1. The topological polar surface area (TPSA) is 61.4 Å². The summed E-state index contributed by atoms with van der Waals surface area (Å²) >= 11 is 0. The SMILES string of the molecule is CCCNC(=O)NCCc1ccc2c(c1)CCC(=O)N2C. The van der Waals surface area contributed by atoms with Gasteiger partial charge < -0.3 is 15.5 Å². The predicted octanol–water partition coefficient (Wildman–Crippen LogP) is 1.85. The Morgan fingerprint density at radius 2 is 2.00 bits per heavy atom. The van der Waals surface area contributed by atoms with Crippen LogP contribution in [0, 0.1) is 0 Å². The number of hydrogen-bond donors (Lipinski definition) is 2. The van der Waals surface area contributed by atoms with Gasteiger partial charge in [0.05, 0.1) is 0 Å². The summed E-state index contributed by atoms with van der Waals surface area (Å²) in [6.45, 7) is 3.34. The second kappa shape index (κ2) is 7.11. The summed E-state index contributed by atoms with van der Waals surface area (Å²) in [6.07, 6.45) is 3.11. The average Bonchev–Trinajstić information content (AvgIpc) is 2.49. The van der Waals surface area contributed by atoms with Crippen LogP contribution >= 0.6 is 0 Å². The number of nitrogens with zero attached hydrogens (tertiary/aromatic N) is 1. The van der Waals surface area contributed by atoms with Crippen molar-refractivity contribution in [2.45, 2.75) is 32.6 Å². The third-order valence-electron chi connectivity index (χ3n) is 3.72. The lowest BCUT2D eigenvalue weighted by Crippen LogP contribution is -2.36. The maximum Gasteiger partial charge on any atom is 0.314 e. The number of hydrogen-bond acceptors (Lipinski definition) is 2. The lowest BCUT2D eigenvalue weighted by atomic mass is 9.98. The lowest BCUT2D eigenvalue weighted by Gasteiger charge is -2.26. The van der Waals surface area contributed by atoms with Crippen molar-refractivity contribution in [3.63, 3.8) is 0 Å². The molecule has 5 heteroatoms. The van der Waals surface area contributed by atoms with E-state index in [1.54, 1.807) is 4.90 Å². The fraction of sp³-hybridized carbons (Fsp3) is 0.500. The Labute approximate surface area is 125 Å². The van der Waals surface area contributed by atoms with E-state index in [-0.39, 0.29) is 11.9 Å². The number of carbonyl (C=O) groups excluding carboxylic acids is 2. The molecule has 1 aliphatic heterocycles. The Morgan fingerprint density at radius 3 is 2.76 bits per heavy atom. The Kier molecular flexibility index (Phi) is 5.20. The molecule has 1 aromatic rings. The smallest absolute Gasteiger partial charge is 0.314 e. The first kappa shape index (κ1) is 15.4. The van der Waals surface area contributed by atoms with Crippen molar-refractivity contribution in [3.8, 4) is 0 Å². The number of carbonyl (C=O) groups is 2. The molecule has 0 spiro atoms. The van der Waals surface area contributed by atoms with Gasteiger partial charge in [0.15, 0.2) is 0 Å². The van der Waals surface area contributed by atoms with Crippen molar-refractivity contribution in [3.05, 3.63) is 29.3 Å². The molecule has 21 heavy (non-hydrogen) atoms. The lowest BCUT2D eigenvalue weighted by molar-refractivity contribution is -0.118. The van der Waals surface area contributed by atoms with Gasteiger partial charge in [0, 0.05) is 32.2 Å². The molecule has 0 radical (unpaired) electrons. The highest BCUT2D eigenvalue weighted by molar-refractivity contribution is 5.95. The minimum Gasteiger partial charge on any atom is -0.338 e. The highest BCUT2D eigenvalue weighted by atomic mass is 16.2. The van der Waals surface area contributed by atoms with E-state index in [4.69, 9.17) is 0 Å². The molecule has 0 aliphatic carbocycles. The standard InChI is InChI=1S/C16H23N3O2/c1-3-9-17-16(21)18-10-8-12-4-6-14-13(11-12)5-7-15(20)19(14)2/h4,6,11H,3,5,7-10H2,1-2H3,(H2,17,18,21). The molecule has 114 valence electrons. The quantitative estimate of drug-likeness (QED) is 0.869. The summed E-state index contributed by atoms with van der Waals surface area (Å²) < 4.78 is 0. The van der Waals surface area contributed by atoms with E-state index in [0.717, 1.165) is 24.9 Å². The Bertz CT molecular complexity index is 528. The molecule has 0 saturated heterocycles. The summed E-state index contributed by atoms with van der Waals surface area (Å²) in [4.78, 5) is 24.8. The number of benzene rings is 1. The molecule has 0 bridgehead atoms. The molecule has 1 heterocycles. The first-order valence-corrected chi connectivity index (χ1v) is 7.52. The molecule has 2 N–H and O–H groups in total. The van der Waals surface area contributed by atoms with E-state index >= 15 is 0 Å². The van der Waals surface area contributed by atoms with Crippen LogP contribution in [0.2, 0.25) is 0 Å². The van der Waals surface area contributed by atoms with Crippen LogP contribution in [-0.2, 0) is 17.6 Å². The molecule has 0 saturated carbocycles. The summed E-state index contributed by atoms with van der Waals surface area (Å²) in [7, 11) is 1.82. The van der Waals surface area contributed by atoms with Crippen LogP contribution in [0.5, 0.6) is 0 Å². The summed E-state index contributed by atoms with van der Waals surface area (Å²) in [6, 6.07) is 6.06. The van der Waals surface area contributed by atoms with E-state index in [0.29, 0.717) is 19.5 Å². The Balaban J connectivity index is 1.88. The van der Waals surface area contributed by atoms with Gasteiger partial charge in [-0.25, -0.2) is 4.79 Å². The van der Waals surface area contributed by atoms with Gasteiger partial charge in [0.25, 0.3) is 0 Å². The second-order valence-electron chi connectivity index (χ2n) is 5.35. The fourth-order valence-corrected chi connectivity index (χ4v) is 2.49. The molecule has 1 aromatic carbocycles. The van der Waals surface area contributed by atoms with Crippen LogP contribution < -0.4 is 15.5 Å². The molecule has 0 fully saturated rings. The molecule has 0 unspecified atom stereocenters. The van der Waals surface area contributed by atoms with Gasteiger partial charge in [-0.2, -0.15) is 0 Å². The molecule has 3 amide bonds. The van der Waals surface area contributed by atoms with Gasteiger partial charge in [-0.15, -0.1) is 0 Å². The highest BCUT2D eigenvalue weighted by Gasteiger charge is 2.20. The van der Waals surface area contributed by atoms with Crippen molar-refractivity contribution in [2.75, 3.05) is 25.0 Å². The third-order valence-corrected chi connectivity index (χ3v) is 3.72. The van der Waals surface area contributed by atoms with Crippen LogP contribution in [0.3, 0.4) is 0 Å². The van der Waals surface area contributed by atoms with Crippen molar-refractivity contribution in [2.24, 2.45) is 0 Å². The van der Waals surface area contributed by atoms with Gasteiger partial charge >= 0.3 is 6.03 Å². The molecule has 0 atom stereocenters. The van der Waals surface area contributed by atoms with Crippen LogP contribution in [0.1, 0.15) is 30.9 Å². The van der Waals surface area contributed by atoms with Crippen LogP contribution in [0.4, 0.5) is 10.5 Å². The molecule has 5 nitrogen and oxygen atoms in total. The van der Waals surface area contributed by atoms with Crippen LogP contribution in [0.25, 0.3) is 0 Å². The third kappa shape index (κ3) is 3.97. The zero-order chi connectivity index (χ0) is 15.2. The summed E-state index contributed by atoms with van der Waals surface area (Å²) in [5, 5.41) is 5.63. The zero-order valence-electron chi connectivity index (χ0n) is 12.7. The molecule has 1 aliphatic rings. The van der Waals surface area contributed by atoms with Gasteiger partial charge in [0.1, 0.15) is 0 Å². The maximum atomic E-state index is 11.6. The van der Waals surface area contributed by atoms with E-state index in [1.165, 1.54) is 11.1 Å². The van der Waals surface area contributed by atoms with Crippen molar-refractivity contribution < 1.29 is 9.59 Å². The van der Waals surface area contributed by atoms with Crippen LogP contribution in [-0.4, -0.2) is 32.1 Å². The first-order valence-electron chi connectivity index (χ1n) is 7.52. The van der Waals surface area contributed by atoms with E-state index in [2.05, 4.69) is 16.7 Å². The van der Waals surface area contributed by atoms with Crippen molar-refractivity contribution >= 4 is 17.6 Å². The van der Waals surface area contributed by atoms with E-state index < -0.39 is 0 Å². The number of nitrogens with one attached hydrogen (secondary N) is 2. The zero-order valence-corrected chi connectivity index (χ0v) is 12.7. The largest absolute Gasteiger partial charge is 0.338 e. The number of fused-ring (bicyclic) bond motifs is 1. The van der Waals surface area contributed by atoms with E-state index in [1.807, 2.05) is 26.1 Å². The molecular weight excluding hydrogens is 266 g/mol. The van der Waals surface area contributed by atoms with Crippen molar-refractivity contribution in [1.29, 1.82) is 0 Å². The molecule has 2 rings (SSSR count). The minimum absolute atomic E-state index is 0.111. The number of rotatable bonds is 5. The van der Waals surface area contributed by atoms with Gasteiger partial charge in [0.2, 0.25) is 5.91 Å². The number of urea groups is 1. The van der Waals surface area contributed by atoms with Gasteiger partial charge in [-0.1, -0.05) is 19.1 Å². The predicted molar refractivity (Wildman–Crippen MR) is 83.6 cm³/mol. The maximum absolute atomic E-state index is 11.6. The molecular formula is C16H23N3O2. The monoisotopic (exact) mass is 289 g/mol. The van der Waals surface area contributed by atoms with Gasteiger partial charge in [-0.05, 0) is 36.5 Å². The fourth-order valence-electron chi connectivity index (χ4n) is 2.49. The minimum atomic E-state index is -0.111. The first-order chi connectivity index (χ1) is 10.1. The number of aryl methyl sites for hydroxylation is 1. The van der Waals surface area contributed by atoms with Crippen LogP contribution in [0.15, 0.2) is 18.2 Å².